The van der Waals surface area contributed by atoms with Gasteiger partial charge in [0.1, 0.15) is 0 Å². The number of aliphatic imine (C=N–C) groups is 4. The zero-order valence-corrected chi connectivity index (χ0v) is 86.1. The van der Waals surface area contributed by atoms with E-state index in [1.54, 1.807) is 25.1 Å². The number of nitrogens with zero attached hydrogens (tertiary/aromatic N) is 18. The van der Waals surface area contributed by atoms with Gasteiger partial charge in [-0.2, -0.15) is 32.3 Å². The van der Waals surface area contributed by atoms with Gasteiger partial charge in [-0.25, -0.2) is 4.79 Å². The normalized spacial score (nSPS) is 11.1. The number of nitro groups is 2. The molecule has 0 spiro atoms. The molecule has 0 unspecified atom stereocenters. The van der Waals surface area contributed by atoms with Crippen LogP contribution in [0.5, 0.6) is 0 Å². The summed E-state index contributed by atoms with van der Waals surface area (Å²) in [5.74, 6) is 0.416. The number of carboxylic acids is 1. The zero-order valence-electron chi connectivity index (χ0n) is 78.3. The average Bonchev–Trinajstić information content (AvgIpc) is 1.38. The smallest absolute Gasteiger partial charge is 0.478 e. The van der Waals surface area contributed by atoms with Crippen LogP contribution in [0.2, 0.25) is 13.3 Å². The van der Waals surface area contributed by atoms with Gasteiger partial charge in [-0.05, 0) is 220 Å². The number of alkyl halides is 2. The number of aromatic nitrogens is 12. The Kier molecular flexibility index (Phi) is 55.9. The molecule has 0 aliphatic carbocycles. The number of nitro benzene ring substituents is 2. The van der Waals surface area contributed by atoms with Gasteiger partial charge < -0.3 is 28.0 Å². The summed E-state index contributed by atoms with van der Waals surface area (Å²) in [6.07, 6.45) is 27.2. The summed E-state index contributed by atoms with van der Waals surface area (Å²) >= 11 is 4.37. The van der Waals surface area contributed by atoms with Gasteiger partial charge in [0.05, 0.1) is 84.3 Å². The standard InChI is InChI=1S/C11H11N5.C11H10N2.C10H10N6.C10H11N.C9H8BrN.C8H7BrN2.C8H7NO4.C8H9NO3.C8H11NO.4C4H9.CH4.BrH.Li.N3.Sn/c1-3-9-6-12-7-10(9)5-8(1)2-4-11-13-15-16-14-11;12-5-1-2-9-3-4-10-7-13-8-11(10)6-9;1-3-9-8(6-11-12-9)5-7(1)2-4-10-13-15-16-14-10;1-2-8-3-4-9-6-11-7-10(9)5-8;10-4-7-1-2-8-5-11-6-9(8)3-7;9-4-6-1-2-8-7(3-6)5-10-11-8;1-5-4-6(8(10)11)2-3-7(5)9(12)13;1-6-4-7(5-10)2-3-8(6)9(11)12;1-6-4-7(5-10)2-3-8(6)9;4*1-3-4-2;;;;1-3-2;/h1,3,5,7H,2,4,6H2,(H,13,14,15,16);3-4,6,8H,1-2,7H2;1,3,5-6H,2,4H2,(H,11,12)(H,13,14,15,16);3-5,7H,2,6H2,1H3;1-3,6H,4-5H2;1-3,5H,4H2,(H,10,11);2-4H,1H3,(H,10,11);2-4,10H,5H2,1H3;2-4,10H,5,9H2,1H3;4*1,3-4H2,2H3;1H4;1H;;;/q;;;;;;;;;;;;-1;;;+1;-1;+1. The monoisotopic (exact) mass is 2140 g/mol. The van der Waals surface area contributed by atoms with Gasteiger partial charge in [0, 0.05) is 94.5 Å². The molecule has 9 N–H and O–H groups in total. The van der Waals surface area contributed by atoms with Gasteiger partial charge in [-0.1, -0.05) is 143 Å². The fraction of sp³-hybridized carbons (Fsp3) is 0.350. The van der Waals surface area contributed by atoms with Crippen molar-refractivity contribution < 1.29 is 48.8 Å². The summed E-state index contributed by atoms with van der Waals surface area (Å²) < 4.78 is 8.18. The second-order valence-electron chi connectivity index (χ2n) is 31.6. The summed E-state index contributed by atoms with van der Waals surface area (Å²) in [6.45, 7) is 23.0. The number of carboxylic acid groups (broad SMARTS) is 1. The van der Waals surface area contributed by atoms with E-state index in [1.807, 2.05) is 68.4 Å². The number of nitriles is 1. The van der Waals surface area contributed by atoms with Crippen molar-refractivity contribution in [3.8, 4) is 6.07 Å². The molecule has 4 aliphatic heterocycles. The van der Waals surface area contributed by atoms with Crippen molar-refractivity contribution in [2.45, 2.75) is 222 Å². The van der Waals surface area contributed by atoms with Gasteiger partial charge in [-0.15, -0.1) is 37.4 Å². The number of anilines is 1. The molecule has 36 heteroatoms. The van der Waals surface area contributed by atoms with Crippen LogP contribution >= 0.6 is 48.8 Å². The molecule has 136 heavy (non-hydrogen) atoms. The molecule has 714 valence electrons. The number of aromatic amines is 4. The number of aliphatic hydroxyl groups excluding tert-OH is 2. The van der Waals surface area contributed by atoms with Crippen molar-refractivity contribution >= 4 is 137 Å². The number of azide groups is 1. The summed E-state index contributed by atoms with van der Waals surface area (Å²) in [6, 6.07) is 54.3. The number of carbonyl (C=O) groups is 1. The van der Waals surface area contributed by atoms with Crippen LogP contribution < -0.4 is 24.6 Å². The van der Waals surface area contributed by atoms with Crippen LogP contribution in [0.25, 0.3) is 32.2 Å². The largest absolute Gasteiger partial charge is 1.00 e. The number of aromatic carboxylic acids is 1. The van der Waals surface area contributed by atoms with E-state index in [1.165, 1.54) is 173 Å². The number of halogens is 3. The van der Waals surface area contributed by atoms with E-state index in [0.29, 0.717) is 23.1 Å². The number of nitrogens with one attached hydrogen (secondary N) is 4. The van der Waals surface area contributed by atoms with Gasteiger partial charge >= 0.3 is 130 Å². The Morgan fingerprint density at radius 2 is 0.912 bits per heavy atom. The second-order valence-corrected chi connectivity index (χ2v) is 44.5. The number of hydrogen-bond acceptors (Lipinski definition) is 22. The molecule has 0 amide bonds. The maximum Gasteiger partial charge on any atom is 1.00 e. The molecule has 0 radical (unpaired) electrons. The number of unbranched alkanes of at least 4 members (excludes halogenated alkanes) is 4. The number of rotatable bonds is 27. The minimum absolute atomic E-state index is 0. The molecule has 0 bridgehead atoms. The van der Waals surface area contributed by atoms with E-state index in [-0.39, 0.29) is 73.4 Å². The van der Waals surface area contributed by atoms with Crippen LogP contribution in [0, 0.1) is 59.3 Å². The molecule has 0 saturated carbocycles. The maximum absolute atomic E-state index is 10.5. The van der Waals surface area contributed by atoms with Crippen LogP contribution in [0.15, 0.2) is 199 Å². The Bertz CT molecular complexity index is 5940. The fourth-order valence-electron chi connectivity index (χ4n) is 13.7. The van der Waals surface area contributed by atoms with Crippen molar-refractivity contribution in [1.29, 1.82) is 5.26 Å². The predicted molar refractivity (Wildman–Crippen MR) is 556 cm³/mol. The van der Waals surface area contributed by atoms with E-state index in [0.717, 1.165) is 127 Å². The third-order valence-corrected chi connectivity index (χ3v) is 35.3. The third kappa shape index (κ3) is 40.3. The third-order valence-electron chi connectivity index (χ3n) is 21.5. The molecule has 9 aromatic carbocycles. The van der Waals surface area contributed by atoms with E-state index < -0.39 is 34.5 Å². The first-order valence-corrected chi connectivity index (χ1v) is 54.0. The maximum atomic E-state index is 10.5. The fourth-order valence-corrected chi connectivity index (χ4v) is 26.6. The Morgan fingerprint density at radius 1 is 0.537 bits per heavy atom. The predicted octanol–water partition coefficient (Wildman–Crippen LogP) is 20.6. The van der Waals surface area contributed by atoms with Gasteiger partial charge in [0.25, 0.3) is 11.4 Å². The number of aryl methyl sites for hydroxylation is 9. The zero-order chi connectivity index (χ0) is 96.1. The molecular weight excluding hydrogens is 2020 g/mol. The Morgan fingerprint density at radius 3 is 1.29 bits per heavy atom. The van der Waals surface area contributed by atoms with Crippen molar-refractivity contribution in [3.63, 3.8) is 0 Å². The van der Waals surface area contributed by atoms with Crippen molar-refractivity contribution in [3.05, 3.63) is 337 Å². The summed E-state index contributed by atoms with van der Waals surface area (Å²) in [5, 5.41) is 101. The number of tetrazole rings is 2. The van der Waals surface area contributed by atoms with Gasteiger partial charge in [-0.3, -0.25) is 50.4 Å². The number of nitrogens with two attached hydrogens (primary N) is 1. The van der Waals surface area contributed by atoms with Crippen LogP contribution in [0.4, 0.5) is 17.1 Å². The molecule has 4 aliphatic rings. The number of fused-ring (bicyclic) bond motifs is 6. The molecule has 17 rings (SSSR count). The average molecular weight is 2140 g/mol. The quantitative estimate of drug-likeness (QED) is 0.00273. The first-order valence-electron chi connectivity index (χ1n) is 44.4. The molecular formula is C100H125Br3LiN23O8Sn. The molecule has 8 heterocycles. The van der Waals surface area contributed by atoms with Crippen LogP contribution in [-0.2, 0) is 88.6 Å². The Balaban J connectivity index is 0.000000315. The van der Waals surface area contributed by atoms with E-state index >= 15 is 0 Å². The minimum atomic E-state index is -2.45. The number of nitrogen functional groups attached to an aromatic ring is 1. The molecule has 0 saturated heterocycles. The van der Waals surface area contributed by atoms with Gasteiger partial charge in [0.2, 0.25) is 0 Å². The summed E-state index contributed by atoms with van der Waals surface area (Å²) in [7, 11) is 0. The number of H-pyrrole nitrogens is 4. The minimum Gasteiger partial charge on any atom is -0.478 e. The molecule has 0 atom stereocenters. The van der Waals surface area contributed by atoms with Crippen LogP contribution in [-0.4, -0.2) is 136 Å². The van der Waals surface area contributed by atoms with E-state index in [2.05, 4.69) is 266 Å². The van der Waals surface area contributed by atoms with Gasteiger partial charge in [0.15, 0.2) is 11.6 Å². The SMILES string of the molecule is Br.BrCc1ccc2[nH]ncc2c1.BrCc1ccc2c(c1)C=NC2.C.C1=NCc2ccc(CCc3nn[nH]n3)cc21.CCC[CH2][Sn]([CH2]CCC)([CH2]CCC)[N]=[N+]=[N-].CCc1ccc2c(c1)C=NC2.Cc1cc(C(=O)O)ccc1[N+](=O)[O-].Cc1cc(CO)ccc1N.Cc1cc(CO)ccc1[N+](=O)[O-].N#CCCc1ccc2c(c1)C=NC2.[CH2-]CCC.[Li+].c1cc2[nH]ncc2cc1CCc1nn[nH]n1. The molecule has 13 aromatic rings. The first-order chi connectivity index (χ1) is 64.5. The number of aliphatic hydroxyl groups is 2. The first kappa shape index (κ1) is 117. The van der Waals surface area contributed by atoms with Crippen molar-refractivity contribution in [2.75, 3.05) is 5.73 Å². The summed E-state index contributed by atoms with van der Waals surface area (Å²) in [4.78, 5) is 50.2. The Labute approximate surface area is 840 Å². The Hall–Kier alpha value is -11.6. The second kappa shape index (κ2) is 65.2. The van der Waals surface area contributed by atoms with E-state index in [9.17, 15) is 25.0 Å². The number of benzene rings is 9. The number of hydrogen-bond donors (Lipinski definition) is 8. The van der Waals surface area contributed by atoms with Crippen molar-refractivity contribution in [2.24, 2.45) is 23.3 Å². The topological polar surface area (TPSA) is 478 Å². The molecule has 4 aromatic heterocycles. The molecule has 31 nitrogen and oxygen atoms in total. The summed E-state index contributed by atoms with van der Waals surface area (Å²) in [5.41, 5.74) is 39.0. The molecule has 0 fully saturated rings. The van der Waals surface area contributed by atoms with E-state index in [4.69, 9.17) is 31.8 Å². The van der Waals surface area contributed by atoms with Crippen molar-refractivity contribution in [1.82, 2.24) is 61.6 Å². The van der Waals surface area contributed by atoms with Crippen LogP contribution in [0.3, 0.4) is 0 Å². The van der Waals surface area contributed by atoms with Crippen LogP contribution in [0.1, 0.15) is 228 Å².